The second-order valence-corrected chi connectivity index (χ2v) is 2.73. The van der Waals surface area contributed by atoms with Crippen LogP contribution in [0, 0.1) is 10.1 Å². The highest BCUT2D eigenvalue weighted by Gasteiger charge is 2.13. The third kappa shape index (κ3) is 4.10. The van der Waals surface area contributed by atoms with Crippen molar-refractivity contribution in [2.45, 2.75) is 20.8 Å². The fourth-order valence-electron chi connectivity index (χ4n) is 0.678. The topological polar surface area (TPSA) is 63.4 Å². The van der Waals surface area contributed by atoms with Gasteiger partial charge in [0, 0.05) is 0 Å². The van der Waals surface area contributed by atoms with Gasteiger partial charge < -0.3 is 5.11 Å². The zero-order chi connectivity index (χ0) is 10.4. The average molecular weight is 183 g/mol. The van der Waals surface area contributed by atoms with E-state index in [9.17, 15) is 15.2 Å². The van der Waals surface area contributed by atoms with Crippen LogP contribution in [0.15, 0.2) is 35.3 Å². The lowest BCUT2D eigenvalue weighted by Crippen LogP contribution is -2.00. The molecule has 0 saturated carbocycles. The fraction of sp³-hybridized carbons (Fsp3) is 0.333. The molecule has 0 rings (SSSR count). The summed E-state index contributed by atoms with van der Waals surface area (Å²) in [5, 5.41) is 19.6. The Hall–Kier alpha value is -1.58. The summed E-state index contributed by atoms with van der Waals surface area (Å²) < 4.78 is 0. The highest BCUT2D eigenvalue weighted by Crippen LogP contribution is 2.07. The van der Waals surface area contributed by atoms with Gasteiger partial charge >= 0.3 is 5.70 Å². The number of hydrogen-bond acceptors (Lipinski definition) is 3. The number of aliphatic hydroxyl groups excluding tert-OH is 1. The molecule has 0 aromatic carbocycles. The van der Waals surface area contributed by atoms with Crippen molar-refractivity contribution in [3.05, 3.63) is 45.4 Å². The van der Waals surface area contributed by atoms with Crippen LogP contribution in [0.5, 0.6) is 0 Å². The zero-order valence-corrected chi connectivity index (χ0v) is 7.94. The second-order valence-electron chi connectivity index (χ2n) is 2.73. The first-order valence-electron chi connectivity index (χ1n) is 3.84. The molecule has 0 bridgehead atoms. The number of nitrogens with zero attached hydrogens (tertiary/aromatic N) is 1. The molecule has 0 radical (unpaired) electrons. The summed E-state index contributed by atoms with van der Waals surface area (Å²) in [6.07, 6.45) is 4.18. The third-order valence-electron chi connectivity index (χ3n) is 1.31. The minimum Gasteiger partial charge on any atom is -0.502 e. The first-order chi connectivity index (χ1) is 5.99. The molecule has 72 valence electrons. The Kier molecular flexibility index (Phi) is 4.51. The van der Waals surface area contributed by atoms with E-state index in [1.807, 2.05) is 13.8 Å². The van der Waals surface area contributed by atoms with Crippen LogP contribution >= 0.6 is 0 Å². The Morgan fingerprint density at radius 3 is 2.23 bits per heavy atom. The first-order valence-corrected chi connectivity index (χ1v) is 3.84. The minimum absolute atomic E-state index is 0.280. The van der Waals surface area contributed by atoms with E-state index in [0.29, 0.717) is 0 Å². The molecule has 0 aliphatic heterocycles. The van der Waals surface area contributed by atoms with Crippen molar-refractivity contribution in [3.63, 3.8) is 0 Å². The van der Waals surface area contributed by atoms with Crippen LogP contribution < -0.4 is 0 Å². The summed E-state index contributed by atoms with van der Waals surface area (Å²) >= 11 is 0. The van der Waals surface area contributed by atoms with Gasteiger partial charge in [0.25, 0.3) is 0 Å². The molecule has 0 aromatic heterocycles. The van der Waals surface area contributed by atoms with Crippen molar-refractivity contribution in [2.75, 3.05) is 0 Å². The smallest absolute Gasteiger partial charge is 0.306 e. The molecule has 0 amide bonds. The number of nitro groups is 1. The highest BCUT2D eigenvalue weighted by molar-refractivity contribution is 5.23. The predicted octanol–water partition coefficient (Wildman–Crippen LogP) is 2.58. The van der Waals surface area contributed by atoms with E-state index in [1.165, 1.54) is 19.1 Å². The van der Waals surface area contributed by atoms with Crippen molar-refractivity contribution in [1.82, 2.24) is 0 Å². The Balaban J connectivity index is 4.77. The summed E-state index contributed by atoms with van der Waals surface area (Å²) in [7, 11) is 0. The van der Waals surface area contributed by atoms with Crippen LogP contribution in [0.3, 0.4) is 0 Å². The summed E-state index contributed by atoms with van der Waals surface area (Å²) in [5.74, 6) is -0.325. The van der Waals surface area contributed by atoms with Crippen LogP contribution in [0.2, 0.25) is 0 Å². The maximum Gasteiger partial charge on any atom is 0.306 e. The van der Waals surface area contributed by atoms with Crippen LogP contribution in [0.1, 0.15) is 20.8 Å². The molecule has 1 N–H and O–H groups in total. The lowest BCUT2D eigenvalue weighted by Gasteiger charge is -1.94. The quantitative estimate of drug-likeness (QED) is 0.316. The molecule has 0 heterocycles. The van der Waals surface area contributed by atoms with Gasteiger partial charge in [-0.1, -0.05) is 11.6 Å². The van der Waals surface area contributed by atoms with E-state index in [1.54, 1.807) is 6.08 Å². The number of rotatable bonds is 3. The van der Waals surface area contributed by atoms with Crippen molar-refractivity contribution < 1.29 is 10.0 Å². The van der Waals surface area contributed by atoms with Crippen LogP contribution in [0.4, 0.5) is 0 Å². The van der Waals surface area contributed by atoms with Gasteiger partial charge in [0.2, 0.25) is 0 Å². The van der Waals surface area contributed by atoms with Crippen LogP contribution in [-0.2, 0) is 0 Å². The highest BCUT2D eigenvalue weighted by atomic mass is 16.6. The number of hydrogen-bond donors (Lipinski definition) is 1. The molecule has 0 saturated heterocycles. The lowest BCUT2D eigenvalue weighted by atomic mass is 10.2. The third-order valence-corrected chi connectivity index (χ3v) is 1.31. The van der Waals surface area contributed by atoms with E-state index in [-0.39, 0.29) is 11.5 Å². The lowest BCUT2D eigenvalue weighted by molar-refractivity contribution is -0.424. The van der Waals surface area contributed by atoms with E-state index in [0.717, 1.165) is 5.57 Å². The van der Waals surface area contributed by atoms with E-state index >= 15 is 0 Å². The van der Waals surface area contributed by atoms with Crippen molar-refractivity contribution >= 4 is 0 Å². The molecule has 13 heavy (non-hydrogen) atoms. The van der Waals surface area contributed by atoms with Gasteiger partial charge in [0.1, 0.15) is 0 Å². The Morgan fingerprint density at radius 2 is 1.92 bits per heavy atom. The molecule has 0 unspecified atom stereocenters. The molecule has 4 nitrogen and oxygen atoms in total. The number of aliphatic hydroxyl groups is 1. The SMILES string of the molecule is C/C=C(\C(O)=C/C=C(C)C)[N+](=O)[O-]. The Morgan fingerprint density at radius 1 is 1.38 bits per heavy atom. The van der Waals surface area contributed by atoms with Gasteiger partial charge in [0.05, 0.1) is 4.92 Å². The van der Waals surface area contributed by atoms with Crippen LogP contribution in [0.25, 0.3) is 0 Å². The standard InChI is InChI=1S/C9H13NO3/c1-4-8(10(12)13)9(11)6-5-7(2)3/h4-6,11H,1-3H3/b8-4+,9-6+. The number of allylic oxidation sites excluding steroid dienone is 4. The molecule has 4 heteroatoms. The van der Waals surface area contributed by atoms with Crippen molar-refractivity contribution in [3.8, 4) is 0 Å². The minimum atomic E-state index is -0.620. The second kappa shape index (κ2) is 5.13. The fourth-order valence-corrected chi connectivity index (χ4v) is 0.678. The van der Waals surface area contributed by atoms with Gasteiger partial charge in [0.15, 0.2) is 5.76 Å². The summed E-state index contributed by atoms with van der Waals surface area (Å²) in [6, 6.07) is 0. The summed E-state index contributed by atoms with van der Waals surface area (Å²) in [6.45, 7) is 5.18. The molecular weight excluding hydrogens is 170 g/mol. The average Bonchev–Trinajstić information content (AvgIpc) is 2.01. The molecule has 0 aliphatic rings. The van der Waals surface area contributed by atoms with Gasteiger partial charge in [-0.2, -0.15) is 0 Å². The van der Waals surface area contributed by atoms with Crippen molar-refractivity contribution in [1.29, 1.82) is 0 Å². The first kappa shape index (κ1) is 11.4. The van der Waals surface area contributed by atoms with E-state index in [4.69, 9.17) is 0 Å². The van der Waals surface area contributed by atoms with Gasteiger partial charge in [-0.15, -0.1) is 0 Å². The Bertz CT molecular complexity index is 283. The molecule has 0 atom stereocenters. The van der Waals surface area contributed by atoms with Crippen LogP contribution in [-0.4, -0.2) is 10.0 Å². The zero-order valence-electron chi connectivity index (χ0n) is 7.94. The van der Waals surface area contributed by atoms with Gasteiger partial charge in [-0.05, 0) is 32.9 Å². The molecule has 0 spiro atoms. The maximum atomic E-state index is 10.3. The summed E-state index contributed by atoms with van der Waals surface area (Å²) in [4.78, 5) is 9.71. The molecular formula is C9H13NO3. The van der Waals surface area contributed by atoms with E-state index in [2.05, 4.69) is 0 Å². The Labute approximate surface area is 77.0 Å². The van der Waals surface area contributed by atoms with Crippen molar-refractivity contribution in [2.24, 2.45) is 0 Å². The van der Waals surface area contributed by atoms with Gasteiger partial charge in [-0.3, -0.25) is 10.1 Å². The largest absolute Gasteiger partial charge is 0.502 e. The summed E-state index contributed by atoms with van der Waals surface area (Å²) in [5.41, 5.74) is 0.683. The predicted molar refractivity (Wildman–Crippen MR) is 50.9 cm³/mol. The molecule has 0 fully saturated rings. The monoisotopic (exact) mass is 183 g/mol. The normalized spacial score (nSPS) is 12.5. The van der Waals surface area contributed by atoms with Gasteiger partial charge in [-0.25, -0.2) is 0 Å². The molecule has 0 aromatic rings. The van der Waals surface area contributed by atoms with E-state index < -0.39 is 4.92 Å². The molecule has 0 aliphatic carbocycles. The maximum absolute atomic E-state index is 10.3.